The summed E-state index contributed by atoms with van der Waals surface area (Å²) in [5, 5.41) is 5.77. The lowest BCUT2D eigenvalue weighted by molar-refractivity contribution is -0.152. The first kappa shape index (κ1) is 30.5. The van der Waals surface area contributed by atoms with Crippen molar-refractivity contribution >= 4 is 27.8 Å². The molecule has 2 unspecified atom stereocenters. The molecule has 1 aromatic rings. The molecule has 222 valence electrons. The molecule has 0 radical (unpaired) electrons. The molecule has 40 heavy (non-hydrogen) atoms. The third-order valence-electron chi connectivity index (χ3n) is 9.37. The molecule has 0 spiro atoms. The summed E-state index contributed by atoms with van der Waals surface area (Å²) in [5.41, 5.74) is 0.268. The maximum atomic E-state index is 13.0. The number of rotatable bonds is 12. The Morgan fingerprint density at radius 1 is 0.975 bits per heavy atom. The molecule has 10 heteroatoms. The van der Waals surface area contributed by atoms with E-state index in [1.165, 1.54) is 67.1 Å². The zero-order chi connectivity index (χ0) is 29.2. The molecule has 0 aromatic heterocycles. The molecule has 0 heterocycles. The number of benzene rings is 1. The molecule has 2 N–H and O–H groups in total. The van der Waals surface area contributed by atoms with Gasteiger partial charge < -0.3 is 15.4 Å². The van der Waals surface area contributed by atoms with Crippen LogP contribution in [0, 0.1) is 29.1 Å². The largest absolute Gasteiger partial charge is 0.454 e. The third-order valence-corrected chi connectivity index (χ3v) is 11.4. The first-order chi connectivity index (χ1) is 18.9. The predicted octanol–water partition coefficient (Wildman–Crippen LogP) is 3.74. The highest BCUT2D eigenvalue weighted by molar-refractivity contribution is 7.89. The molecule has 5 rings (SSSR count). The van der Waals surface area contributed by atoms with Crippen LogP contribution in [0.5, 0.6) is 0 Å². The fraction of sp³-hybridized carbons (Fsp3) is 0.700. The highest BCUT2D eigenvalue weighted by Gasteiger charge is 2.53. The second-order valence-electron chi connectivity index (χ2n) is 12.5. The van der Waals surface area contributed by atoms with Gasteiger partial charge in [-0.1, -0.05) is 33.8 Å². The molecule has 4 fully saturated rings. The highest BCUT2D eigenvalue weighted by atomic mass is 32.2. The van der Waals surface area contributed by atoms with Gasteiger partial charge in [-0.05, 0) is 92.7 Å². The molecule has 0 saturated heterocycles. The Hall–Kier alpha value is -2.46. The third kappa shape index (κ3) is 6.38. The number of carbonyl (C=O) groups excluding carboxylic acids is 3. The first-order valence-electron chi connectivity index (χ1n) is 14.8. The number of carbonyl (C=O) groups is 3. The minimum Gasteiger partial charge on any atom is -0.454 e. The SMILES string of the molecule is CCN(CC)S(=O)(=O)c1cccc(C(=O)NC(C(=O)OCC(=O)NC(C)C23CC4CC(CC(C4)C2)C3)C(C)C)c1. The molecular formula is C30H45N3O6S. The number of nitrogens with zero attached hydrogens (tertiary/aromatic N) is 1. The number of hydrogen-bond donors (Lipinski definition) is 2. The zero-order valence-electron chi connectivity index (χ0n) is 24.4. The Morgan fingerprint density at radius 3 is 2.08 bits per heavy atom. The average molecular weight is 576 g/mol. The van der Waals surface area contributed by atoms with Gasteiger partial charge in [0, 0.05) is 24.7 Å². The van der Waals surface area contributed by atoms with Crippen LogP contribution in [-0.4, -0.2) is 62.3 Å². The lowest BCUT2D eigenvalue weighted by Gasteiger charge is -2.59. The number of hydrogen-bond acceptors (Lipinski definition) is 6. The number of amides is 2. The molecule has 0 aliphatic heterocycles. The fourth-order valence-electron chi connectivity index (χ4n) is 7.60. The Labute approximate surface area is 238 Å². The van der Waals surface area contributed by atoms with Gasteiger partial charge in [0.2, 0.25) is 10.0 Å². The zero-order valence-corrected chi connectivity index (χ0v) is 25.3. The summed E-state index contributed by atoms with van der Waals surface area (Å²) in [5.74, 6) is 0.387. The summed E-state index contributed by atoms with van der Waals surface area (Å²) in [4.78, 5) is 38.8. The molecule has 2 atom stereocenters. The lowest BCUT2D eigenvalue weighted by atomic mass is 9.48. The van der Waals surface area contributed by atoms with Gasteiger partial charge in [-0.2, -0.15) is 4.31 Å². The second-order valence-corrected chi connectivity index (χ2v) is 14.4. The van der Waals surface area contributed by atoms with E-state index in [1.54, 1.807) is 27.7 Å². The highest BCUT2D eigenvalue weighted by Crippen LogP contribution is 2.61. The maximum Gasteiger partial charge on any atom is 0.329 e. The Kier molecular flexibility index (Phi) is 9.29. The van der Waals surface area contributed by atoms with Crippen molar-refractivity contribution in [2.75, 3.05) is 19.7 Å². The van der Waals surface area contributed by atoms with E-state index in [0.717, 1.165) is 17.8 Å². The molecule has 1 aromatic carbocycles. The fourth-order valence-corrected chi connectivity index (χ4v) is 9.11. The average Bonchev–Trinajstić information content (AvgIpc) is 2.90. The summed E-state index contributed by atoms with van der Waals surface area (Å²) in [7, 11) is -3.74. The summed E-state index contributed by atoms with van der Waals surface area (Å²) < 4.78 is 32.5. The van der Waals surface area contributed by atoms with Crippen LogP contribution >= 0.6 is 0 Å². The van der Waals surface area contributed by atoms with Crippen LogP contribution < -0.4 is 10.6 Å². The van der Waals surface area contributed by atoms with Crippen molar-refractivity contribution in [3.8, 4) is 0 Å². The van der Waals surface area contributed by atoms with Crippen molar-refractivity contribution in [3.05, 3.63) is 29.8 Å². The standard InChI is InChI=1S/C30H45N3O6S/c1-6-33(7-2)40(37,38)25-10-8-9-24(14-25)28(35)32-27(19(3)4)29(36)39-18-26(34)31-20(5)30-15-21-11-22(16-30)13-23(12-21)17-30/h8-10,14,19-23,27H,6-7,11-13,15-18H2,1-5H3,(H,31,34)(H,32,35). The molecule has 9 nitrogen and oxygen atoms in total. The van der Waals surface area contributed by atoms with Crippen LogP contribution in [0.3, 0.4) is 0 Å². The van der Waals surface area contributed by atoms with E-state index < -0.39 is 34.5 Å². The normalized spacial score (nSPS) is 26.9. The van der Waals surface area contributed by atoms with Gasteiger partial charge in [0.15, 0.2) is 6.61 Å². The minimum absolute atomic E-state index is 0.0114. The second kappa shape index (κ2) is 12.2. The summed E-state index contributed by atoms with van der Waals surface area (Å²) >= 11 is 0. The van der Waals surface area contributed by atoms with E-state index >= 15 is 0 Å². The van der Waals surface area contributed by atoms with E-state index in [4.69, 9.17) is 4.74 Å². The number of nitrogens with one attached hydrogen (secondary N) is 2. The van der Waals surface area contributed by atoms with Crippen LogP contribution in [0.15, 0.2) is 29.2 Å². The van der Waals surface area contributed by atoms with Crippen molar-refractivity contribution < 1.29 is 27.5 Å². The smallest absolute Gasteiger partial charge is 0.329 e. The van der Waals surface area contributed by atoms with Gasteiger partial charge in [0.1, 0.15) is 6.04 Å². The Bertz CT molecular complexity index is 1170. The summed E-state index contributed by atoms with van der Waals surface area (Å²) in [6.07, 6.45) is 7.49. The molecule has 4 aliphatic rings. The van der Waals surface area contributed by atoms with Crippen LogP contribution in [0.4, 0.5) is 0 Å². The summed E-state index contributed by atoms with van der Waals surface area (Å²) in [6.45, 7) is 9.33. The number of ether oxygens (including phenoxy) is 1. The Balaban J connectivity index is 1.34. The lowest BCUT2D eigenvalue weighted by Crippen LogP contribution is -2.56. The van der Waals surface area contributed by atoms with E-state index in [1.807, 2.05) is 0 Å². The molecule has 4 aliphatic carbocycles. The van der Waals surface area contributed by atoms with Crippen LogP contribution in [-0.2, 0) is 24.3 Å². The van der Waals surface area contributed by atoms with E-state index in [9.17, 15) is 22.8 Å². The van der Waals surface area contributed by atoms with Crippen molar-refractivity contribution in [1.29, 1.82) is 0 Å². The molecule has 4 bridgehead atoms. The van der Waals surface area contributed by atoms with E-state index in [-0.39, 0.29) is 33.7 Å². The van der Waals surface area contributed by atoms with Gasteiger partial charge in [-0.3, -0.25) is 9.59 Å². The van der Waals surface area contributed by atoms with Gasteiger partial charge in [-0.25, -0.2) is 13.2 Å². The number of sulfonamides is 1. The monoisotopic (exact) mass is 575 g/mol. The molecule has 4 saturated carbocycles. The maximum absolute atomic E-state index is 13.0. The van der Waals surface area contributed by atoms with Gasteiger partial charge >= 0.3 is 5.97 Å². The topological polar surface area (TPSA) is 122 Å². The van der Waals surface area contributed by atoms with Gasteiger partial charge in [0.05, 0.1) is 4.90 Å². The minimum atomic E-state index is -3.74. The first-order valence-corrected chi connectivity index (χ1v) is 16.2. The van der Waals surface area contributed by atoms with Crippen molar-refractivity contribution in [1.82, 2.24) is 14.9 Å². The molecular weight excluding hydrogens is 530 g/mol. The van der Waals surface area contributed by atoms with Gasteiger partial charge in [0.25, 0.3) is 11.8 Å². The predicted molar refractivity (Wildman–Crippen MR) is 152 cm³/mol. The van der Waals surface area contributed by atoms with Crippen LogP contribution in [0.25, 0.3) is 0 Å². The van der Waals surface area contributed by atoms with Crippen molar-refractivity contribution in [2.45, 2.75) is 90.1 Å². The number of esters is 1. The van der Waals surface area contributed by atoms with Gasteiger partial charge in [-0.15, -0.1) is 0 Å². The van der Waals surface area contributed by atoms with Crippen LogP contribution in [0.2, 0.25) is 0 Å². The Morgan fingerprint density at radius 2 is 1.55 bits per heavy atom. The van der Waals surface area contributed by atoms with E-state index in [2.05, 4.69) is 17.6 Å². The molecule has 2 amide bonds. The van der Waals surface area contributed by atoms with E-state index in [0.29, 0.717) is 13.1 Å². The summed E-state index contributed by atoms with van der Waals surface area (Å²) in [6, 6.07) is 4.78. The quantitative estimate of drug-likeness (QED) is 0.366. The van der Waals surface area contributed by atoms with Crippen molar-refractivity contribution in [2.24, 2.45) is 29.1 Å². The van der Waals surface area contributed by atoms with Crippen LogP contribution in [0.1, 0.15) is 83.5 Å². The van der Waals surface area contributed by atoms with Crippen molar-refractivity contribution in [3.63, 3.8) is 0 Å².